The van der Waals surface area contributed by atoms with Gasteiger partial charge in [-0.25, -0.2) is 5.43 Å². The second-order valence-corrected chi connectivity index (χ2v) is 5.10. The van der Waals surface area contributed by atoms with Gasteiger partial charge in [-0.3, -0.25) is 10.8 Å². The second kappa shape index (κ2) is 5.25. The molecule has 0 amide bonds. The number of pyridine rings is 1. The minimum absolute atomic E-state index is 0.241. The summed E-state index contributed by atoms with van der Waals surface area (Å²) >= 11 is 5.98. The molecule has 0 saturated heterocycles. The van der Waals surface area contributed by atoms with E-state index >= 15 is 0 Å². The van der Waals surface area contributed by atoms with E-state index in [0.717, 1.165) is 28.0 Å². The average molecular weight is 288 g/mol. The van der Waals surface area contributed by atoms with E-state index in [9.17, 15) is 0 Å². The fourth-order valence-electron chi connectivity index (χ4n) is 2.17. The van der Waals surface area contributed by atoms with Crippen LogP contribution in [0.5, 0.6) is 0 Å². The van der Waals surface area contributed by atoms with Gasteiger partial charge in [0.2, 0.25) is 0 Å². The van der Waals surface area contributed by atoms with Crippen LogP contribution in [-0.4, -0.2) is 4.98 Å². The Morgan fingerprint density at radius 3 is 2.80 bits per heavy atom. The molecular formula is C15H14ClN3O. The lowest BCUT2D eigenvalue weighted by Crippen LogP contribution is -2.28. The SMILES string of the molecule is Cc1ccc(C(NN)c2cc3cc(Cl)ccc3o2)cn1. The summed E-state index contributed by atoms with van der Waals surface area (Å²) in [7, 11) is 0. The number of fused-ring (bicyclic) bond motifs is 1. The highest BCUT2D eigenvalue weighted by Gasteiger charge is 2.17. The van der Waals surface area contributed by atoms with Gasteiger partial charge in [-0.1, -0.05) is 17.7 Å². The Labute approximate surface area is 121 Å². The van der Waals surface area contributed by atoms with Crippen LogP contribution in [0.15, 0.2) is 47.0 Å². The van der Waals surface area contributed by atoms with E-state index < -0.39 is 0 Å². The van der Waals surface area contributed by atoms with Gasteiger partial charge in [0.1, 0.15) is 17.4 Å². The number of nitrogens with two attached hydrogens (primary N) is 1. The molecule has 0 saturated carbocycles. The molecule has 3 rings (SSSR count). The van der Waals surface area contributed by atoms with Crippen molar-refractivity contribution >= 4 is 22.6 Å². The van der Waals surface area contributed by atoms with Crippen LogP contribution in [0.4, 0.5) is 0 Å². The number of nitrogens with zero attached hydrogens (tertiary/aromatic N) is 1. The first-order valence-corrected chi connectivity index (χ1v) is 6.63. The molecule has 3 N–H and O–H groups in total. The Morgan fingerprint density at radius 1 is 1.25 bits per heavy atom. The quantitative estimate of drug-likeness (QED) is 0.573. The maximum absolute atomic E-state index is 5.98. The molecule has 1 unspecified atom stereocenters. The standard InChI is InChI=1S/C15H14ClN3O/c1-9-2-3-10(8-18-9)15(19-17)14-7-11-6-12(16)4-5-13(11)20-14/h2-8,15,19H,17H2,1H3. The van der Waals surface area contributed by atoms with Crippen molar-refractivity contribution in [2.45, 2.75) is 13.0 Å². The van der Waals surface area contributed by atoms with Crippen molar-refractivity contribution in [2.24, 2.45) is 5.84 Å². The number of nitrogens with one attached hydrogen (secondary N) is 1. The van der Waals surface area contributed by atoms with Gasteiger partial charge in [-0.2, -0.15) is 0 Å². The molecular weight excluding hydrogens is 274 g/mol. The summed E-state index contributed by atoms with van der Waals surface area (Å²) in [6, 6.07) is 11.1. The first kappa shape index (κ1) is 13.1. The fraction of sp³-hybridized carbons (Fsp3) is 0.133. The number of aromatic nitrogens is 1. The minimum atomic E-state index is -0.241. The third kappa shape index (κ3) is 2.41. The first-order valence-electron chi connectivity index (χ1n) is 6.25. The molecule has 2 heterocycles. The number of hydrazine groups is 1. The highest BCUT2D eigenvalue weighted by Crippen LogP contribution is 2.29. The molecule has 1 aromatic carbocycles. The molecule has 0 radical (unpaired) electrons. The normalized spacial score (nSPS) is 12.8. The number of hydrogen-bond donors (Lipinski definition) is 2. The van der Waals surface area contributed by atoms with Gasteiger partial charge in [-0.05, 0) is 42.8 Å². The lowest BCUT2D eigenvalue weighted by Gasteiger charge is -2.13. The summed E-state index contributed by atoms with van der Waals surface area (Å²) in [6.45, 7) is 1.94. The Bertz CT molecular complexity index is 736. The van der Waals surface area contributed by atoms with Gasteiger partial charge in [-0.15, -0.1) is 0 Å². The monoisotopic (exact) mass is 287 g/mol. The summed E-state index contributed by atoms with van der Waals surface area (Å²) in [5.41, 5.74) is 5.45. The van der Waals surface area contributed by atoms with Crippen molar-refractivity contribution in [1.29, 1.82) is 0 Å². The predicted octanol–water partition coefficient (Wildman–Crippen LogP) is 3.34. The lowest BCUT2D eigenvalue weighted by molar-refractivity contribution is 0.476. The number of furan rings is 1. The lowest BCUT2D eigenvalue weighted by atomic mass is 10.1. The van der Waals surface area contributed by atoms with Crippen LogP contribution in [0.2, 0.25) is 5.02 Å². The van der Waals surface area contributed by atoms with Gasteiger partial charge in [0.25, 0.3) is 0 Å². The highest BCUT2D eigenvalue weighted by atomic mass is 35.5. The van der Waals surface area contributed by atoms with E-state index in [-0.39, 0.29) is 6.04 Å². The zero-order valence-electron chi connectivity index (χ0n) is 10.9. The zero-order chi connectivity index (χ0) is 14.1. The van der Waals surface area contributed by atoms with Crippen LogP contribution >= 0.6 is 11.6 Å². The number of aryl methyl sites for hydroxylation is 1. The van der Waals surface area contributed by atoms with Crippen LogP contribution in [0.25, 0.3) is 11.0 Å². The Morgan fingerprint density at radius 2 is 2.10 bits per heavy atom. The molecule has 5 heteroatoms. The largest absolute Gasteiger partial charge is 0.459 e. The predicted molar refractivity (Wildman–Crippen MR) is 79.4 cm³/mol. The maximum atomic E-state index is 5.98. The summed E-state index contributed by atoms with van der Waals surface area (Å²) < 4.78 is 5.83. The zero-order valence-corrected chi connectivity index (χ0v) is 11.7. The third-order valence-electron chi connectivity index (χ3n) is 3.22. The van der Waals surface area contributed by atoms with Gasteiger partial charge in [0, 0.05) is 22.3 Å². The van der Waals surface area contributed by atoms with E-state index in [0.29, 0.717) is 5.02 Å². The number of rotatable bonds is 3. The summed E-state index contributed by atoms with van der Waals surface area (Å²) in [5, 5.41) is 1.63. The topological polar surface area (TPSA) is 64.1 Å². The Balaban J connectivity index is 2.04. The fourth-order valence-corrected chi connectivity index (χ4v) is 2.35. The van der Waals surface area contributed by atoms with E-state index in [4.69, 9.17) is 21.9 Å². The molecule has 20 heavy (non-hydrogen) atoms. The Hall–Kier alpha value is -1.88. The highest BCUT2D eigenvalue weighted by molar-refractivity contribution is 6.31. The van der Waals surface area contributed by atoms with Crippen LogP contribution < -0.4 is 11.3 Å². The van der Waals surface area contributed by atoms with Crippen molar-refractivity contribution in [1.82, 2.24) is 10.4 Å². The van der Waals surface area contributed by atoms with Gasteiger partial charge in [0.05, 0.1) is 0 Å². The molecule has 4 nitrogen and oxygen atoms in total. The maximum Gasteiger partial charge on any atom is 0.134 e. The second-order valence-electron chi connectivity index (χ2n) is 4.66. The van der Waals surface area contributed by atoms with Crippen molar-refractivity contribution < 1.29 is 4.42 Å². The molecule has 1 atom stereocenters. The molecule has 0 aliphatic carbocycles. The minimum Gasteiger partial charge on any atom is -0.459 e. The van der Waals surface area contributed by atoms with Gasteiger partial charge < -0.3 is 4.42 Å². The molecule has 0 aliphatic heterocycles. The molecule has 0 spiro atoms. The summed E-state index contributed by atoms with van der Waals surface area (Å²) in [6.07, 6.45) is 1.79. The van der Waals surface area contributed by atoms with Gasteiger partial charge >= 0.3 is 0 Å². The number of hydrogen-bond acceptors (Lipinski definition) is 4. The average Bonchev–Trinajstić information content (AvgIpc) is 2.84. The van der Waals surface area contributed by atoms with Crippen LogP contribution in [0.3, 0.4) is 0 Å². The molecule has 3 aromatic rings. The van der Waals surface area contributed by atoms with Crippen molar-refractivity contribution in [3.8, 4) is 0 Å². The van der Waals surface area contributed by atoms with Crippen molar-refractivity contribution in [2.75, 3.05) is 0 Å². The summed E-state index contributed by atoms with van der Waals surface area (Å²) in [5.74, 6) is 6.39. The smallest absolute Gasteiger partial charge is 0.134 e. The number of benzene rings is 1. The first-order chi connectivity index (χ1) is 9.67. The third-order valence-corrected chi connectivity index (χ3v) is 3.45. The summed E-state index contributed by atoms with van der Waals surface area (Å²) in [4.78, 5) is 4.28. The van der Waals surface area contributed by atoms with Crippen molar-refractivity contribution in [3.05, 3.63) is 64.6 Å². The van der Waals surface area contributed by atoms with Gasteiger partial charge in [0.15, 0.2) is 0 Å². The van der Waals surface area contributed by atoms with E-state index in [1.54, 1.807) is 12.3 Å². The molecule has 0 fully saturated rings. The van der Waals surface area contributed by atoms with Crippen molar-refractivity contribution in [3.63, 3.8) is 0 Å². The van der Waals surface area contributed by atoms with E-state index in [2.05, 4.69) is 10.4 Å². The number of halogens is 1. The molecule has 0 bridgehead atoms. The van der Waals surface area contributed by atoms with Crippen LogP contribution in [0.1, 0.15) is 23.1 Å². The van der Waals surface area contributed by atoms with Crippen LogP contribution in [-0.2, 0) is 0 Å². The molecule has 0 aliphatic rings. The van der Waals surface area contributed by atoms with E-state index in [1.165, 1.54) is 0 Å². The van der Waals surface area contributed by atoms with E-state index in [1.807, 2.05) is 37.3 Å². The molecule has 2 aromatic heterocycles. The Kier molecular flexibility index (Phi) is 3.44. The molecule has 102 valence electrons. The van der Waals surface area contributed by atoms with Crippen LogP contribution in [0, 0.1) is 6.92 Å².